The molecule has 0 unspecified atom stereocenters. The van der Waals surface area contributed by atoms with Crippen LogP contribution in [-0.4, -0.2) is 90.1 Å². The highest BCUT2D eigenvalue weighted by Gasteiger charge is 2.23. The van der Waals surface area contributed by atoms with E-state index in [2.05, 4.69) is 42.1 Å². The Hall–Kier alpha value is -4.45. The third-order valence-electron chi connectivity index (χ3n) is 7.93. The van der Waals surface area contributed by atoms with Crippen LogP contribution in [0.4, 0.5) is 22.1 Å². The topological polar surface area (TPSA) is 121 Å². The Morgan fingerprint density at radius 2 is 1.60 bits per heavy atom. The van der Waals surface area contributed by atoms with Gasteiger partial charge >= 0.3 is 6.09 Å². The normalized spacial score (nSPS) is 16.1. The third kappa shape index (κ3) is 5.67. The van der Waals surface area contributed by atoms with Crippen molar-refractivity contribution >= 4 is 40.7 Å². The number of pyridine rings is 1. The molecule has 2 N–H and O–H groups in total. The number of fused-ring (bicyclic) bond motifs is 1. The Balaban J connectivity index is 1.09. The molecular weight excluding hydrogens is 560 g/mol. The zero-order valence-corrected chi connectivity index (χ0v) is 24.3. The summed E-state index contributed by atoms with van der Waals surface area (Å²) in [4.78, 5) is 31.8. The van der Waals surface area contributed by atoms with E-state index in [0.29, 0.717) is 22.5 Å². The molecule has 2 fully saturated rings. The zero-order chi connectivity index (χ0) is 29.2. The van der Waals surface area contributed by atoms with E-state index in [4.69, 9.17) is 31.2 Å². The molecule has 220 valence electrons. The summed E-state index contributed by atoms with van der Waals surface area (Å²) >= 11 is 6.40. The number of hydrogen-bond acceptors (Lipinski definition) is 9. The molecule has 42 heavy (non-hydrogen) atoms. The molecular formula is C29H33ClN8O4. The van der Waals surface area contributed by atoms with Gasteiger partial charge in [0.25, 0.3) is 0 Å². The van der Waals surface area contributed by atoms with Crippen LogP contribution in [-0.2, 0) is 0 Å². The molecule has 2 saturated heterocycles. The molecule has 5 heterocycles. The third-order valence-corrected chi connectivity index (χ3v) is 8.23. The minimum absolute atomic E-state index is 0.0123. The molecule has 2 aliphatic rings. The Kier molecular flexibility index (Phi) is 7.79. The van der Waals surface area contributed by atoms with E-state index in [9.17, 15) is 4.79 Å². The fourth-order valence-electron chi connectivity index (χ4n) is 5.62. The van der Waals surface area contributed by atoms with Crippen LogP contribution in [0, 0.1) is 0 Å². The molecule has 12 nitrogen and oxygen atoms in total. The second kappa shape index (κ2) is 11.8. The maximum atomic E-state index is 10.9. The maximum Gasteiger partial charge on any atom is 0.404 e. The van der Waals surface area contributed by atoms with E-state index < -0.39 is 6.09 Å². The lowest BCUT2D eigenvalue weighted by Crippen LogP contribution is -2.46. The van der Waals surface area contributed by atoms with Crippen molar-refractivity contribution in [1.29, 1.82) is 0 Å². The van der Waals surface area contributed by atoms with Crippen molar-refractivity contribution in [1.82, 2.24) is 24.7 Å². The van der Waals surface area contributed by atoms with Gasteiger partial charge < -0.3 is 39.0 Å². The quantitative estimate of drug-likeness (QED) is 0.325. The molecule has 1 amide bonds. The van der Waals surface area contributed by atoms with Crippen LogP contribution in [0.15, 0.2) is 49.1 Å². The van der Waals surface area contributed by atoms with Crippen LogP contribution in [0.5, 0.6) is 11.5 Å². The van der Waals surface area contributed by atoms with Gasteiger partial charge in [-0.25, -0.2) is 19.7 Å². The molecule has 6 rings (SSSR count). The molecule has 0 saturated carbocycles. The SMILES string of the molecule is COc1cc(OC)c(-c2cn3ccc(N4CCN(c5cnc(N6CCC(NC(=O)O)CC6)nc5)CC4)cc3n2)cc1Cl. The summed E-state index contributed by atoms with van der Waals surface area (Å²) in [5.74, 6) is 1.89. The molecule has 13 heteroatoms. The predicted octanol–water partition coefficient (Wildman–Crippen LogP) is 4.02. The van der Waals surface area contributed by atoms with E-state index in [1.807, 2.05) is 35.3 Å². The molecule has 0 bridgehead atoms. The molecule has 0 atom stereocenters. The number of methoxy groups -OCH3 is 2. The van der Waals surface area contributed by atoms with Gasteiger partial charge in [0, 0.05) is 81.1 Å². The number of imidazole rings is 1. The minimum atomic E-state index is -0.970. The summed E-state index contributed by atoms with van der Waals surface area (Å²) < 4.78 is 12.9. The maximum absolute atomic E-state index is 10.9. The average Bonchev–Trinajstić information content (AvgIpc) is 3.45. The van der Waals surface area contributed by atoms with Gasteiger partial charge in [0.05, 0.1) is 43.0 Å². The van der Waals surface area contributed by atoms with Gasteiger partial charge in [0.1, 0.15) is 17.1 Å². The number of piperidine rings is 1. The highest BCUT2D eigenvalue weighted by atomic mass is 35.5. The number of nitrogens with one attached hydrogen (secondary N) is 1. The van der Waals surface area contributed by atoms with E-state index in [1.54, 1.807) is 20.3 Å². The van der Waals surface area contributed by atoms with Gasteiger partial charge in [-0.05, 0) is 25.0 Å². The summed E-state index contributed by atoms with van der Waals surface area (Å²) in [5.41, 5.74) is 4.52. The van der Waals surface area contributed by atoms with Crippen LogP contribution >= 0.6 is 11.6 Å². The van der Waals surface area contributed by atoms with Crippen molar-refractivity contribution in [2.75, 3.05) is 68.2 Å². The summed E-state index contributed by atoms with van der Waals surface area (Å²) in [6.45, 7) is 4.87. The van der Waals surface area contributed by atoms with Gasteiger partial charge in [-0.3, -0.25) is 0 Å². The number of amides is 1. The summed E-state index contributed by atoms with van der Waals surface area (Å²) in [7, 11) is 3.19. The van der Waals surface area contributed by atoms with Gasteiger partial charge in [-0.15, -0.1) is 0 Å². The molecule has 0 aliphatic carbocycles. The largest absolute Gasteiger partial charge is 0.496 e. The lowest BCUT2D eigenvalue weighted by Gasteiger charge is -2.37. The van der Waals surface area contributed by atoms with Gasteiger partial charge in [-0.2, -0.15) is 0 Å². The number of carboxylic acid groups (broad SMARTS) is 1. The standard InChI is InChI=1S/C29H33ClN8O4/c1-41-25-15-26(42-2)23(30)14-22(25)24-18-38-8-5-20(13-27(38)34-24)35-9-11-36(12-10-35)21-16-31-28(32-17-21)37-6-3-19(4-7-37)33-29(39)40/h5,8,13-19,33H,3-4,6-7,9-12H2,1-2H3,(H,39,40). The number of halogens is 1. The van der Waals surface area contributed by atoms with Crippen molar-refractivity contribution in [3.8, 4) is 22.8 Å². The number of hydrogen-bond donors (Lipinski definition) is 2. The number of rotatable bonds is 7. The number of piperazine rings is 1. The average molecular weight is 593 g/mol. The summed E-state index contributed by atoms with van der Waals surface area (Å²) in [6, 6.07) is 7.79. The van der Waals surface area contributed by atoms with Crippen molar-refractivity contribution in [3.05, 3.63) is 54.1 Å². The number of carbonyl (C=O) groups is 1. The Labute approximate surface area is 248 Å². The van der Waals surface area contributed by atoms with Crippen LogP contribution in [0.1, 0.15) is 12.8 Å². The second-order valence-electron chi connectivity index (χ2n) is 10.4. The number of ether oxygens (including phenoxy) is 2. The van der Waals surface area contributed by atoms with Crippen LogP contribution in [0.2, 0.25) is 5.02 Å². The first-order chi connectivity index (χ1) is 20.4. The number of benzene rings is 1. The number of aromatic nitrogens is 4. The Morgan fingerprint density at radius 1 is 0.929 bits per heavy atom. The van der Waals surface area contributed by atoms with Crippen LogP contribution < -0.4 is 29.5 Å². The fraction of sp³-hybridized carbons (Fsp3) is 0.379. The highest BCUT2D eigenvalue weighted by molar-refractivity contribution is 6.32. The van der Waals surface area contributed by atoms with E-state index in [1.165, 1.54) is 0 Å². The van der Waals surface area contributed by atoms with Crippen LogP contribution in [0.3, 0.4) is 0 Å². The molecule has 0 spiro atoms. The summed E-state index contributed by atoms with van der Waals surface area (Å²) in [5, 5.41) is 12.0. The van der Waals surface area contributed by atoms with E-state index in [0.717, 1.165) is 80.4 Å². The van der Waals surface area contributed by atoms with E-state index in [-0.39, 0.29) is 6.04 Å². The lowest BCUT2D eigenvalue weighted by atomic mass is 10.1. The highest BCUT2D eigenvalue weighted by Crippen LogP contribution is 2.38. The fourth-order valence-corrected chi connectivity index (χ4v) is 5.86. The zero-order valence-electron chi connectivity index (χ0n) is 23.5. The molecule has 4 aromatic rings. The van der Waals surface area contributed by atoms with Gasteiger partial charge in [0.2, 0.25) is 5.95 Å². The lowest BCUT2D eigenvalue weighted by molar-refractivity contribution is 0.187. The summed E-state index contributed by atoms with van der Waals surface area (Å²) in [6.07, 6.45) is 8.29. The molecule has 1 aromatic carbocycles. The smallest absolute Gasteiger partial charge is 0.404 e. The molecule has 2 aliphatic heterocycles. The number of anilines is 3. The van der Waals surface area contributed by atoms with E-state index >= 15 is 0 Å². The van der Waals surface area contributed by atoms with Crippen molar-refractivity contribution < 1.29 is 19.4 Å². The minimum Gasteiger partial charge on any atom is -0.496 e. The van der Waals surface area contributed by atoms with Crippen molar-refractivity contribution in [2.24, 2.45) is 0 Å². The molecule has 3 aromatic heterocycles. The van der Waals surface area contributed by atoms with Gasteiger partial charge in [-0.1, -0.05) is 11.6 Å². The van der Waals surface area contributed by atoms with Crippen molar-refractivity contribution in [3.63, 3.8) is 0 Å². The first-order valence-electron chi connectivity index (χ1n) is 13.9. The number of nitrogens with zero attached hydrogens (tertiary/aromatic N) is 7. The molecule has 0 radical (unpaired) electrons. The first-order valence-corrected chi connectivity index (χ1v) is 14.3. The van der Waals surface area contributed by atoms with Gasteiger partial charge in [0.15, 0.2) is 0 Å². The Morgan fingerprint density at radius 3 is 2.24 bits per heavy atom. The first kappa shape index (κ1) is 27.7. The monoisotopic (exact) mass is 592 g/mol. The predicted molar refractivity (Wildman–Crippen MR) is 162 cm³/mol. The van der Waals surface area contributed by atoms with Crippen molar-refractivity contribution in [2.45, 2.75) is 18.9 Å². The van der Waals surface area contributed by atoms with Crippen LogP contribution in [0.25, 0.3) is 16.9 Å². The second-order valence-corrected chi connectivity index (χ2v) is 10.8. The Bertz CT molecular complexity index is 1560.